The second-order valence-electron chi connectivity index (χ2n) is 2.93. The van der Waals surface area contributed by atoms with Gasteiger partial charge in [-0.15, -0.1) is 0 Å². The molecule has 2 heteroatoms. The highest BCUT2D eigenvalue weighted by molar-refractivity contribution is 5.73. The van der Waals surface area contributed by atoms with Crippen molar-refractivity contribution < 1.29 is 5.11 Å². The molecule has 0 saturated carbocycles. The fourth-order valence-electron chi connectivity index (χ4n) is 1.40. The molecule has 1 rings (SSSR count). The predicted molar refractivity (Wildman–Crippen MR) is 60.9 cm³/mol. The van der Waals surface area contributed by atoms with E-state index in [1.807, 2.05) is 26.1 Å². The minimum Gasteiger partial charge on any atom is -0.508 e. The number of aromatic hydroxyl groups is 1. The second-order valence-corrected chi connectivity index (χ2v) is 2.93. The maximum absolute atomic E-state index is 9.31. The molecule has 0 unspecified atom stereocenters. The van der Waals surface area contributed by atoms with Gasteiger partial charge in [-0.3, -0.25) is 0 Å². The van der Waals surface area contributed by atoms with Crippen LogP contribution < -0.4 is 5.32 Å². The number of rotatable bonds is 3. The second kappa shape index (κ2) is 4.51. The Bertz CT molecular complexity index is 367. The molecule has 0 aliphatic carbocycles. The standard InChI is InChI=1S/C12H15NO/c1-4-9-8-10(14)6-7-11(9)12(5-2)13-3/h4-8,13-14H,1H2,2-3H3/b12-5+. The van der Waals surface area contributed by atoms with Crippen molar-refractivity contribution in [2.45, 2.75) is 6.92 Å². The van der Waals surface area contributed by atoms with Gasteiger partial charge in [-0.05, 0) is 30.7 Å². The van der Waals surface area contributed by atoms with Crippen LogP contribution in [0.2, 0.25) is 0 Å². The highest BCUT2D eigenvalue weighted by Gasteiger charge is 2.03. The van der Waals surface area contributed by atoms with Crippen molar-refractivity contribution in [1.82, 2.24) is 5.32 Å². The maximum atomic E-state index is 9.31. The molecule has 0 fully saturated rings. The number of nitrogens with one attached hydrogen (secondary N) is 1. The van der Waals surface area contributed by atoms with Gasteiger partial charge in [-0.25, -0.2) is 0 Å². The zero-order chi connectivity index (χ0) is 10.6. The third-order valence-electron chi connectivity index (χ3n) is 2.10. The Morgan fingerprint density at radius 3 is 2.71 bits per heavy atom. The number of allylic oxidation sites excluding steroid dienone is 1. The minimum absolute atomic E-state index is 0.259. The van der Waals surface area contributed by atoms with E-state index in [1.54, 1.807) is 18.2 Å². The molecule has 0 amide bonds. The van der Waals surface area contributed by atoms with Gasteiger partial charge in [0.05, 0.1) is 0 Å². The first-order valence-corrected chi connectivity index (χ1v) is 4.52. The summed E-state index contributed by atoms with van der Waals surface area (Å²) in [4.78, 5) is 0. The summed E-state index contributed by atoms with van der Waals surface area (Å²) in [6.07, 6.45) is 3.72. The number of phenolic OH excluding ortho intramolecular Hbond substituents is 1. The summed E-state index contributed by atoms with van der Waals surface area (Å²) >= 11 is 0. The summed E-state index contributed by atoms with van der Waals surface area (Å²) in [5.74, 6) is 0.259. The van der Waals surface area contributed by atoms with Crippen LogP contribution in [0.15, 0.2) is 30.9 Å². The summed E-state index contributed by atoms with van der Waals surface area (Å²) in [7, 11) is 1.87. The normalized spacial score (nSPS) is 11.1. The van der Waals surface area contributed by atoms with Crippen molar-refractivity contribution >= 4 is 11.8 Å². The van der Waals surface area contributed by atoms with Gasteiger partial charge in [0.1, 0.15) is 5.75 Å². The van der Waals surface area contributed by atoms with Gasteiger partial charge in [-0.1, -0.05) is 18.7 Å². The molecule has 0 heterocycles. The molecule has 0 radical (unpaired) electrons. The highest BCUT2D eigenvalue weighted by Crippen LogP contribution is 2.22. The van der Waals surface area contributed by atoms with Gasteiger partial charge in [0.2, 0.25) is 0 Å². The number of hydrogen-bond donors (Lipinski definition) is 2. The van der Waals surface area contributed by atoms with E-state index in [9.17, 15) is 5.11 Å². The van der Waals surface area contributed by atoms with Crippen LogP contribution in [0, 0.1) is 0 Å². The average molecular weight is 189 g/mol. The van der Waals surface area contributed by atoms with Crippen molar-refractivity contribution in [2.24, 2.45) is 0 Å². The first-order chi connectivity index (χ1) is 6.72. The Balaban J connectivity index is 3.26. The molecule has 14 heavy (non-hydrogen) atoms. The van der Waals surface area contributed by atoms with Gasteiger partial charge in [0, 0.05) is 18.3 Å². The third kappa shape index (κ3) is 1.96. The summed E-state index contributed by atoms with van der Waals surface area (Å²) in [5, 5.41) is 12.4. The first-order valence-electron chi connectivity index (χ1n) is 4.52. The lowest BCUT2D eigenvalue weighted by Crippen LogP contribution is -2.05. The van der Waals surface area contributed by atoms with E-state index in [1.165, 1.54) is 0 Å². The van der Waals surface area contributed by atoms with Gasteiger partial charge in [0.15, 0.2) is 0 Å². The maximum Gasteiger partial charge on any atom is 0.116 e. The van der Waals surface area contributed by atoms with Crippen molar-refractivity contribution in [3.8, 4) is 5.75 Å². The van der Waals surface area contributed by atoms with Crippen LogP contribution in [0.5, 0.6) is 5.75 Å². The number of phenols is 1. The Hall–Kier alpha value is -1.70. The number of benzene rings is 1. The molecule has 1 aromatic carbocycles. The minimum atomic E-state index is 0.259. The van der Waals surface area contributed by atoms with Gasteiger partial charge in [0.25, 0.3) is 0 Å². The molecule has 2 N–H and O–H groups in total. The Kier molecular flexibility index (Phi) is 3.35. The molecule has 0 atom stereocenters. The van der Waals surface area contributed by atoms with Crippen molar-refractivity contribution in [3.63, 3.8) is 0 Å². The monoisotopic (exact) mass is 189 g/mol. The Labute approximate surface area is 84.6 Å². The Morgan fingerprint density at radius 1 is 1.50 bits per heavy atom. The fraction of sp³-hybridized carbons (Fsp3) is 0.167. The summed E-state index contributed by atoms with van der Waals surface area (Å²) in [6, 6.07) is 5.24. The third-order valence-corrected chi connectivity index (χ3v) is 2.10. The molecule has 0 aromatic heterocycles. The molecule has 0 aliphatic heterocycles. The van der Waals surface area contributed by atoms with Crippen molar-refractivity contribution in [1.29, 1.82) is 0 Å². The Morgan fingerprint density at radius 2 is 2.21 bits per heavy atom. The van der Waals surface area contributed by atoms with Crippen LogP contribution in [-0.4, -0.2) is 12.2 Å². The lowest BCUT2D eigenvalue weighted by atomic mass is 10.0. The smallest absolute Gasteiger partial charge is 0.116 e. The van der Waals surface area contributed by atoms with E-state index in [4.69, 9.17) is 0 Å². The largest absolute Gasteiger partial charge is 0.508 e. The van der Waals surface area contributed by atoms with E-state index in [2.05, 4.69) is 11.9 Å². The van der Waals surface area contributed by atoms with Crippen LogP contribution in [0.25, 0.3) is 11.8 Å². The quantitative estimate of drug-likeness (QED) is 0.766. The van der Waals surface area contributed by atoms with E-state index in [0.717, 1.165) is 16.8 Å². The summed E-state index contributed by atoms with van der Waals surface area (Å²) < 4.78 is 0. The predicted octanol–water partition coefficient (Wildman–Crippen LogP) is 2.62. The van der Waals surface area contributed by atoms with Crippen molar-refractivity contribution in [3.05, 3.63) is 42.0 Å². The SMILES string of the molecule is C=Cc1cc(O)ccc1/C(=C\C)NC. The van der Waals surface area contributed by atoms with Crippen LogP contribution >= 0.6 is 0 Å². The number of hydrogen-bond acceptors (Lipinski definition) is 2. The average Bonchev–Trinajstić information content (AvgIpc) is 2.21. The molecule has 0 bridgehead atoms. The van der Waals surface area contributed by atoms with Gasteiger partial charge < -0.3 is 10.4 Å². The molecule has 0 saturated heterocycles. The highest BCUT2D eigenvalue weighted by atomic mass is 16.3. The lowest BCUT2D eigenvalue weighted by Gasteiger charge is -2.10. The van der Waals surface area contributed by atoms with E-state index in [-0.39, 0.29) is 5.75 Å². The molecular formula is C12H15NO. The molecular weight excluding hydrogens is 174 g/mol. The van der Waals surface area contributed by atoms with E-state index >= 15 is 0 Å². The van der Waals surface area contributed by atoms with Crippen molar-refractivity contribution in [2.75, 3.05) is 7.05 Å². The molecule has 2 nitrogen and oxygen atoms in total. The molecule has 0 aliphatic rings. The fourth-order valence-corrected chi connectivity index (χ4v) is 1.40. The summed E-state index contributed by atoms with van der Waals surface area (Å²) in [5.41, 5.74) is 3.00. The van der Waals surface area contributed by atoms with Gasteiger partial charge >= 0.3 is 0 Å². The first kappa shape index (κ1) is 10.4. The van der Waals surface area contributed by atoms with Crippen LogP contribution in [0.3, 0.4) is 0 Å². The lowest BCUT2D eigenvalue weighted by molar-refractivity contribution is 0.475. The topological polar surface area (TPSA) is 32.3 Å². The zero-order valence-corrected chi connectivity index (χ0v) is 8.54. The van der Waals surface area contributed by atoms with Gasteiger partial charge in [-0.2, -0.15) is 0 Å². The van der Waals surface area contributed by atoms with Crippen LogP contribution in [0.1, 0.15) is 18.1 Å². The van der Waals surface area contributed by atoms with Crippen LogP contribution in [-0.2, 0) is 0 Å². The molecule has 74 valence electrons. The molecule has 0 spiro atoms. The zero-order valence-electron chi connectivity index (χ0n) is 8.54. The molecule has 1 aromatic rings. The van der Waals surface area contributed by atoms with E-state index in [0.29, 0.717) is 0 Å². The van der Waals surface area contributed by atoms with E-state index < -0.39 is 0 Å². The van der Waals surface area contributed by atoms with Crippen LogP contribution in [0.4, 0.5) is 0 Å². The summed E-state index contributed by atoms with van der Waals surface area (Å²) in [6.45, 7) is 5.68.